The van der Waals surface area contributed by atoms with Crippen LogP contribution in [0.25, 0.3) is 0 Å². The van der Waals surface area contributed by atoms with Crippen molar-refractivity contribution in [3.8, 4) is 11.5 Å². The van der Waals surface area contributed by atoms with Crippen LogP contribution in [0, 0.1) is 0 Å². The van der Waals surface area contributed by atoms with Crippen LogP contribution >= 0.6 is 0 Å². The summed E-state index contributed by atoms with van der Waals surface area (Å²) in [7, 11) is 0. The molecular formula is C26H27F2N3O5. The summed E-state index contributed by atoms with van der Waals surface area (Å²) >= 11 is 0. The van der Waals surface area contributed by atoms with Gasteiger partial charge in [0.05, 0.1) is 13.2 Å². The number of carbonyl (C=O) groups is 1. The molecule has 1 aliphatic rings. The Hall–Kier alpha value is -3.95. The average molecular weight is 500 g/mol. The number of rotatable bonds is 11. The van der Waals surface area contributed by atoms with Crippen molar-refractivity contribution in [2.24, 2.45) is 0 Å². The molecule has 1 heterocycles. The highest BCUT2D eigenvalue weighted by Gasteiger charge is 2.33. The summed E-state index contributed by atoms with van der Waals surface area (Å²) in [5.41, 5.74) is 0.422. The molecule has 0 bridgehead atoms. The SMILES string of the molecule is CCOc1cc(CN(C(=O)Cn2c(=O)ccn(Cc3ccccc3)c2=O)C2CC2)ccc1OC(F)F. The van der Waals surface area contributed by atoms with E-state index < -0.39 is 24.4 Å². The van der Waals surface area contributed by atoms with Gasteiger partial charge in [0.25, 0.3) is 5.56 Å². The van der Waals surface area contributed by atoms with Gasteiger partial charge in [0, 0.05) is 24.8 Å². The molecule has 0 radical (unpaired) electrons. The number of aromatic nitrogens is 2. The molecule has 0 spiro atoms. The summed E-state index contributed by atoms with van der Waals surface area (Å²) in [4.78, 5) is 40.3. The molecule has 4 rings (SSSR count). The largest absolute Gasteiger partial charge is 0.490 e. The Bertz CT molecular complexity index is 1320. The van der Waals surface area contributed by atoms with Gasteiger partial charge in [0.2, 0.25) is 5.91 Å². The molecule has 190 valence electrons. The van der Waals surface area contributed by atoms with Crippen molar-refractivity contribution in [3.63, 3.8) is 0 Å². The number of carbonyl (C=O) groups excluding carboxylic acids is 1. The van der Waals surface area contributed by atoms with Crippen LogP contribution < -0.4 is 20.7 Å². The molecule has 0 aliphatic heterocycles. The van der Waals surface area contributed by atoms with Crippen molar-refractivity contribution in [1.82, 2.24) is 14.0 Å². The summed E-state index contributed by atoms with van der Waals surface area (Å²) in [5.74, 6) is -0.309. The quantitative estimate of drug-likeness (QED) is 0.405. The van der Waals surface area contributed by atoms with Crippen molar-refractivity contribution in [2.75, 3.05) is 6.61 Å². The van der Waals surface area contributed by atoms with Crippen molar-refractivity contribution >= 4 is 5.91 Å². The zero-order chi connectivity index (χ0) is 25.7. The highest BCUT2D eigenvalue weighted by Crippen LogP contribution is 2.33. The first kappa shape index (κ1) is 25.2. The fourth-order valence-electron chi connectivity index (χ4n) is 3.95. The first-order valence-electron chi connectivity index (χ1n) is 11.7. The molecule has 36 heavy (non-hydrogen) atoms. The van der Waals surface area contributed by atoms with Gasteiger partial charge in [0.1, 0.15) is 6.54 Å². The molecule has 2 aromatic carbocycles. The third-order valence-electron chi connectivity index (χ3n) is 5.81. The van der Waals surface area contributed by atoms with Crippen LogP contribution in [-0.4, -0.2) is 39.2 Å². The zero-order valence-corrected chi connectivity index (χ0v) is 19.8. The van der Waals surface area contributed by atoms with Crippen molar-refractivity contribution < 1.29 is 23.0 Å². The van der Waals surface area contributed by atoms with Gasteiger partial charge in [-0.1, -0.05) is 36.4 Å². The van der Waals surface area contributed by atoms with Crippen LogP contribution in [-0.2, 0) is 24.4 Å². The van der Waals surface area contributed by atoms with E-state index in [4.69, 9.17) is 4.74 Å². The van der Waals surface area contributed by atoms with E-state index in [1.807, 2.05) is 30.3 Å². The van der Waals surface area contributed by atoms with Gasteiger partial charge >= 0.3 is 12.3 Å². The third kappa shape index (κ3) is 6.18. The van der Waals surface area contributed by atoms with E-state index in [-0.39, 0.29) is 43.1 Å². The standard InChI is InChI=1S/C26H27F2N3O5/c1-2-35-22-14-19(8-11-21(22)36-25(27)28)16-30(20-9-10-20)24(33)17-31-23(32)12-13-29(26(31)34)15-18-6-4-3-5-7-18/h3-8,11-14,20,25H,2,9-10,15-17H2,1H3. The summed E-state index contributed by atoms with van der Waals surface area (Å²) in [5, 5.41) is 0. The summed E-state index contributed by atoms with van der Waals surface area (Å²) in [6.07, 6.45) is 3.03. The molecule has 1 aliphatic carbocycles. The second kappa shape index (κ2) is 11.2. The second-order valence-corrected chi connectivity index (χ2v) is 8.48. The Labute approximate surface area is 206 Å². The lowest BCUT2D eigenvalue weighted by Crippen LogP contribution is -2.44. The van der Waals surface area contributed by atoms with E-state index >= 15 is 0 Å². The third-order valence-corrected chi connectivity index (χ3v) is 5.81. The lowest BCUT2D eigenvalue weighted by molar-refractivity contribution is -0.133. The Morgan fingerprint density at radius 1 is 1.06 bits per heavy atom. The highest BCUT2D eigenvalue weighted by molar-refractivity contribution is 5.76. The van der Waals surface area contributed by atoms with Gasteiger partial charge in [-0.2, -0.15) is 8.78 Å². The van der Waals surface area contributed by atoms with Gasteiger partial charge in [-0.15, -0.1) is 0 Å². The number of hydrogen-bond acceptors (Lipinski definition) is 5. The van der Waals surface area contributed by atoms with Gasteiger partial charge in [-0.3, -0.25) is 18.7 Å². The molecule has 0 saturated heterocycles. The molecule has 3 aromatic rings. The fraction of sp³-hybridized carbons (Fsp3) is 0.346. The Morgan fingerprint density at radius 3 is 2.47 bits per heavy atom. The molecule has 1 amide bonds. The number of benzene rings is 2. The van der Waals surface area contributed by atoms with Crippen LogP contribution in [0.1, 0.15) is 30.9 Å². The van der Waals surface area contributed by atoms with Crippen LogP contribution in [0.4, 0.5) is 8.78 Å². The monoisotopic (exact) mass is 499 g/mol. The highest BCUT2D eigenvalue weighted by atomic mass is 19.3. The van der Waals surface area contributed by atoms with Crippen LogP contribution in [0.2, 0.25) is 0 Å². The Kier molecular flexibility index (Phi) is 7.82. The molecule has 1 aromatic heterocycles. The molecule has 0 atom stereocenters. The minimum absolute atomic E-state index is 0.0176. The maximum absolute atomic E-state index is 13.3. The van der Waals surface area contributed by atoms with E-state index in [1.54, 1.807) is 24.0 Å². The van der Waals surface area contributed by atoms with E-state index in [2.05, 4.69) is 4.74 Å². The molecular weight excluding hydrogens is 472 g/mol. The Morgan fingerprint density at radius 2 is 1.81 bits per heavy atom. The van der Waals surface area contributed by atoms with Crippen molar-refractivity contribution in [2.45, 2.75) is 52.1 Å². The predicted octanol–water partition coefficient (Wildman–Crippen LogP) is 3.25. The number of alkyl halides is 2. The number of amides is 1. The van der Waals surface area contributed by atoms with E-state index in [0.29, 0.717) is 5.56 Å². The molecule has 10 heteroatoms. The predicted molar refractivity (Wildman–Crippen MR) is 128 cm³/mol. The fourth-order valence-corrected chi connectivity index (χ4v) is 3.95. The average Bonchev–Trinajstić information content (AvgIpc) is 3.69. The van der Waals surface area contributed by atoms with Crippen molar-refractivity contribution in [3.05, 3.63) is 92.8 Å². The summed E-state index contributed by atoms with van der Waals surface area (Å²) < 4.78 is 37.7. The number of nitrogens with zero attached hydrogens (tertiary/aromatic N) is 3. The molecule has 0 unspecified atom stereocenters. The lowest BCUT2D eigenvalue weighted by atomic mass is 10.1. The van der Waals surface area contributed by atoms with Crippen LogP contribution in [0.5, 0.6) is 11.5 Å². The van der Waals surface area contributed by atoms with E-state index in [1.165, 1.54) is 22.9 Å². The maximum atomic E-state index is 13.3. The van der Waals surface area contributed by atoms with Crippen molar-refractivity contribution in [1.29, 1.82) is 0 Å². The van der Waals surface area contributed by atoms with Crippen LogP contribution in [0.3, 0.4) is 0 Å². The van der Waals surface area contributed by atoms with Gasteiger partial charge in [-0.25, -0.2) is 4.79 Å². The second-order valence-electron chi connectivity index (χ2n) is 8.48. The normalized spacial score (nSPS) is 13.0. The van der Waals surface area contributed by atoms with Gasteiger partial charge < -0.3 is 14.4 Å². The maximum Gasteiger partial charge on any atom is 0.387 e. The van der Waals surface area contributed by atoms with Gasteiger partial charge in [-0.05, 0) is 43.0 Å². The first-order valence-corrected chi connectivity index (χ1v) is 11.7. The topological polar surface area (TPSA) is 82.8 Å². The first-order chi connectivity index (χ1) is 17.4. The Balaban J connectivity index is 1.54. The number of hydrogen-bond donors (Lipinski definition) is 0. The van der Waals surface area contributed by atoms with E-state index in [9.17, 15) is 23.2 Å². The minimum atomic E-state index is -2.99. The smallest absolute Gasteiger partial charge is 0.387 e. The molecule has 8 nitrogen and oxygen atoms in total. The zero-order valence-electron chi connectivity index (χ0n) is 19.8. The number of ether oxygens (including phenoxy) is 2. The van der Waals surface area contributed by atoms with Gasteiger partial charge in [0.15, 0.2) is 11.5 Å². The van der Waals surface area contributed by atoms with E-state index in [0.717, 1.165) is 23.0 Å². The molecule has 1 saturated carbocycles. The van der Waals surface area contributed by atoms with Crippen LogP contribution in [0.15, 0.2) is 70.4 Å². The summed E-state index contributed by atoms with van der Waals surface area (Å²) in [6.45, 7) is -0.961. The minimum Gasteiger partial charge on any atom is -0.490 e. The molecule has 0 N–H and O–H groups in total. The number of halogens is 2. The molecule has 1 fully saturated rings. The summed E-state index contributed by atoms with van der Waals surface area (Å²) in [6, 6.07) is 15.1. The lowest BCUT2D eigenvalue weighted by Gasteiger charge is -2.23.